The molecule has 1 aliphatic rings. The van der Waals surface area contributed by atoms with Crippen molar-refractivity contribution in [3.63, 3.8) is 0 Å². The maximum atomic E-state index is 10.4. The van der Waals surface area contributed by atoms with Gasteiger partial charge >= 0.3 is 0 Å². The molecule has 0 amide bonds. The molecule has 0 N–H and O–H groups in total. The molecule has 2 aromatic rings. The van der Waals surface area contributed by atoms with Crippen molar-refractivity contribution in [1.82, 2.24) is 5.06 Å². The summed E-state index contributed by atoms with van der Waals surface area (Å²) in [6.45, 7) is 5.30. The van der Waals surface area contributed by atoms with E-state index in [1.165, 1.54) is 5.06 Å². The number of nitrogens with zero attached hydrogens (tertiary/aromatic N) is 5. The zero-order chi connectivity index (χ0) is 21.3. The second-order valence-electron chi connectivity index (χ2n) is 7.88. The normalized spacial score (nSPS) is 19.3. The van der Waals surface area contributed by atoms with E-state index in [0.29, 0.717) is 11.1 Å². The summed E-state index contributed by atoms with van der Waals surface area (Å²) in [4.78, 5) is 6.42. The summed E-state index contributed by atoms with van der Waals surface area (Å²) >= 11 is 0. The quantitative estimate of drug-likeness (QED) is 0.783. The summed E-state index contributed by atoms with van der Waals surface area (Å²) in [5, 5.41) is 42.3. The number of nitriles is 4. The highest BCUT2D eigenvalue weighted by Crippen LogP contribution is 2.62. The molecule has 6 nitrogen and oxygen atoms in total. The Morgan fingerprint density at radius 3 is 1.45 bits per heavy atom. The smallest absolute Gasteiger partial charge is 0.253 e. The third-order valence-electron chi connectivity index (χ3n) is 5.23. The summed E-state index contributed by atoms with van der Waals surface area (Å²) < 4.78 is 0. The summed E-state index contributed by atoms with van der Waals surface area (Å²) in [6.07, 6.45) is 0. The van der Waals surface area contributed by atoms with Crippen LogP contribution in [-0.2, 0) is 10.4 Å². The largest absolute Gasteiger partial charge is 0.277 e. The highest BCUT2D eigenvalue weighted by Gasteiger charge is 2.79. The van der Waals surface area contributed by atoms with E-state index in [0.717, 1.165) is 0 Å². The number of hydroxylamine groups is 2. The first kappa shape index (κ1) is 20.1. The molecule has 1 aliphatic heterocycles. The van der Waals surface area contributed by atoms with E-state index in [1.807, 2.05) is 24.3 Å². The van der Waals surface area contributed by atoms with E-state index in [1.54, 1.807) is 81.4 Å². The number of benzene rings is 2. The number of hydrogen-bond donors (Lipinski definition) is 0. The van der Waals surface area contributed by atoms with E-state index in [9.17, 15) is 21.0 Å². The average Bonchev–Trinajstić information content (AvgIpc) is 3.03. The lowest BCUT2D eigenvalue weighted by Gasteiger charge is -2.37. The molecule has 1 fully saturated rings. The predicted octanol–water partition coefficient (Wildman–Crippen LogP) is 3.80. The van der Waals surface area contributed by atoms with Crippen LogP contribution in [0.4, 0.5) is 0 Å². The minimum Gasteiger partial charge on any atom is -0.277 e. The van der Waals surface area contributed by atoms with Gasteiger partial charge in [-0.05, 0) is 31.9 Å². The first-order valence-electron chi connectivity index (χ1n) is 9.05. The van der Waals surface area contributed by atoms with E-state index in [4.69, 9.17) is 4.84 Å². The van der Waals surface area contributed by atoms with Gasteiger partial charge in [0.25, 0.3) is 5.54 Å². The monoisotopic (exact) mass is 381 g/mol. The van der Waals surface area contributed by atoms with Gasteiger partial charge in [-0.3, -0.25) is 4.84 Å². The van der Waals surface area contributed by atoms with Gasteiger partial charge in [-0.2, -0.15) is 21.0 Å². The molecule has 1 saturated heterocycles. The summed E-state index contributed by atoms with van der Waals surface area (Å²) in [7, 11) is 0. The van der Waals surface area contributed by atoms with Gasteiger partial charge in [0.2, 0.25) is 5.41 Å². The van der Waals surface area contributed by atoms with Gasteiger partial charge in [0, 0.05) is 5.54 Å². The van der Waals surface area contributed by atoms with Crippen molar-refractivity contribution in [2.24, 2.45) is 5.41 Å². The van der Waals surface area contributed by atoms with Gasteiger partial charge in [-0.25, -0.2) is 0 Å². The van der Waals surface area contributed by atoms with Gasteiger partial charge in [-0.1, -0.05) is 60.7 Å². The second-order valence-corrected chi connectivity index (χ2v) is 7.88. The van der Waals surface area contributed by atoms with Crippen LogP contribution in [0, 0.1) is 50.7 Å². The molecule has 3 rings (SSSR count). The predicted molar refractivity (Wildman–Crippen MR) is 104 cm³/mol. The van der Waals surface area contributed by atoms with Crippen molar-refractivity contribution in [2.75, 3.05) is 0 Å². The fraction of sp³-hybridized carbons (Fsp3) is 0.304. The Bertz CT molecular complexity index is 1010. The van der Waals surface area contributed by atoms with E-state index in [-0.39, 0.29) is 0 Å². The maximum Gasteiger partial charge on any atom is 0.253 e. The zero-order valence-electron chi connectivity index (χ0n) is 16.4. The molecule has 0 radical (unpaired) electrons. The van der Waals surface area contributed by atoms with Crippen molar-refractivity contribution in [2.45, 2.75) is 37.5 Å². The van der Waals surface area contributed by atoms with Gasteiger partial charge < -0.3 is 0 Å². The van der Waals surface area contributed by atoms with Gasteiger partial charge in [0.1, 0.15) is 12.1 Å². The van der Waals surface area contributed by atoms with Crippen molar-refractivity contribution in [3.8, 4) is 24.3 Å². The van der Waals surface area contributed by atoms with E-state index < -0.39 is 22.1 Å². The molecule has 29 heavy (non-hydrogen) atoms. The Kier molecular flexibility index (Phi) is 4.66. The van der Waals surface area contributed by atoms with Crippen LogP contribution in [0.1, 0.15) is 31.9 Å². The Hall–Kier alpha value is -3.68. The first-order valence-corrected chi connectivity index (χ1v) is 9.05. The van der Waals surface area contributed by atoms with Gasteiger partial charge in [-0.15, -0.1) is 5.06 Å². The first-order chi connectivity index (χ1) is 13.8. The average molecular weight is 381 g/mol. The molecule has 1 heterocycles. The van der Waals surface area contributed by atoms with Crippen LogP contribution in [-0.4, -0.2) is 16.1 Å². The third-order valence-corrected chi connectivity index (χ3v) is 5.23. The molecule has 6 heteroatoms. The standard InChI is InChI=1S/C23H19N5O/c1-20(2,3)28-22(16-26,17-27)21(14-24,15-25)23(29-28,18-10-6-4-7-11-18)19-12-8-5-9-13-19/h4-13H,1-3H3. The molecule has 0 saturated carbocycles. The zero-order valence-corrected chi connectivity index (χ0v) is 16.4. The Labute approximate surface area is 170 Å². The van der Waals surface area contributed by atoms with Crippen molar-refractivity contribution >= 4 is 0 Å². The molecular weight excluding hydrogens is 362 g/mol. The van der Waals surface area contributed by atoms with Crippen molar-refractivity contribution in [3.05, 3.63) is 71.8 Å². The highest BCUT2D eigenvalue weighted by molar-refractivity contribution is 5.55. The molecule has 0 spiro atoms. The lowest BCUT2D eigenvalue weighted by atomic mass is 9.58. The molecule has 0 bridgehead atoms. The van der Waals surface area contributed by atoms with Crippen LogP contribution in [0.15, 0.2) is 60.7 Å². The fourth-order valence-electron chi connectivity index (χ4n) is 4.00. The van der Waals surface area contributed by atoms with Crippen LogP contribution in [0.2, 0.25) is 0 Å². The third kappa shape index (κ3) is 2.38. The lowest BCUT2D eigenvalue weighted by Crippen LogP contribution is -2.58. The van der Waals surface area contributed by atoms with Gasteiger partial charge in [0.05, 0.1) is 12.1 Å². The lowest BCUT2D eigenvalue weighted by molar-refractivity contribution is -0.243. The number of rotatable bonds is 2. The molecule has 2 aromatic carbocycles. The maximum absolute atomic E-state index is 10.4. The molecular formula is C23H19N5O. The van der Waals surface area contributed by atoms with Gasteiger partial charge in [0.15, 0.2) is 5.60 Å². The SMILES string of the molecule is CC(C)(C)N1OC(c2ccccc2)(c2ccccc2)C(C#N)(C#N)C1(C#N)C#N. The topological polar surface area (TPSA) is 108 Å². The number of hydrogen-bond acceptors (Lipinski definition) is 6. The summed E-state index contributed by atoms with van der Waals surface area (Å²) in [5.74, 6) is 0. The molecule has 142 valence electrons. The van der Waals surface area contributed by atoms with E-state index in [2.05, 4.69) is 0 Å². The van der Waals surface area contributed by atoms with E-state index >= 15 is 0 Å². The minimum absolute atomic E-state index is 0.510. The minimum atomic E-state index is -2.17. The highest BCUT2D eigenvalue weighted by atomic mass is 16.7. The second kappa shape index (κ2) is 6.73. The van der Waals surface area contributed by atoms with Crippen LogP contribution in [0.5, 0.6) is 0 Å². The summed E-state index contributed by atoms with van der Waals surface area (Å²) in [6, 6.07) is 25.6. The summed E-state index contributed by atoms with van der Waals surface area (Å²) in [5.41, 5.74) is -5.85. The van der Waals surface area contributed by atoms with Crippen molar-refractivity contribution < 1.29 is 4.84 Å². The fourth-order valence-corrected chi connectivity index (χ4v) is 4.00. The molecule has 0 unspecified atom stereocenters. The van der Waals surface area contributed by atoms with Crippen molar-refractivity contribution in [1.29, 1.82) is 21.0 Å². The Balaban J connectivity index is 2.56. The van der Waals surface area contributed by atoms with Crippen LogP contribution in [0.25, 0.3) is 0 Å². The van der Waals surface area contributed by atoms with Crippen LogP contribution in [0.3, 0.4) is 0 Å². The van der Waals surface area contributed by atoms with Crippen LogP contribution >= 0.6 is 0 Å². The van der Waals surface area contributed by atoms with Crippen LogP contribution < -0.4 is 0 Å². The molecule has 0 atom stereocenters. The Morgan fingerprint density at radius 1 is 0.724 bits per heavy atom. The molecule has 0 aliphatic carbocycles. The molecule has 0 aromatic heterocycles. The Morgan fingerprint density at radius 2 is 1.14 bits per heavy atom.